The third-order valence-corrected chi connectivity index (χ3v) is 3.33. The maximum atomic E-state index is 13.2. The van der Waals surface area contributed by atoms with Crippen LogP contribution in [0, 0.1) is 11.3 Å². The third-order valence-electron chi connectivity index (χ3n) is 3.01. The van der Waals surface area contributed by atoms with E-state index < -0.39 is 5.41 Å². The summed E-state index contributed by atoms with van der Waals surface area (Å²) < 4.78 is 13.2. The maximum absolute atomic E-state index is 13.2. The smallest absolute Gasteiger partial charge is 0.230 e. The molecule has 0 radical (unpaired) electrons. The van der Waals surface area contributed by atoms with E-state index in [1.54, 1.807) is 0 Å². The molecule has 0 bridgehead atoms. The van der Waals surface area contributed by atoms with Crippen molar-refractivity contribution in [1.29, 1.82) is 0 Å². The Bertz CT molecular complexity index is 370. The Balaban J connectivity index is 2.41. The van der Waals surface area contributed by atoms with E-state index in [2.05, 4.69) is 5.32 Å². The zero-order chi connectivity index (χ0) is 10.5. The quantitative estimate of drug-likeness (QED) is 0.661. The van der Waals surface area contributed by atoms with Crippen molar-refractivity contribution in [2.45, 2.75) is 20.3 Å². The summed E-state index contributed by atoms with van der Waals surface area (Å²) in [6, 6.07) is 0. The zero-order valence-electron chi connectivity index (χ0n) is 8.03. The molecule has 0 saturated carbocycles. The van der Waals surface area contributed by atoms with Crippen LogP contribution in [0.1, 0.15) is 20.3 Å². The molecule has 2 aliphatic rings. The number of fused-ring (bicyclic) bond motifs is 1. The van der Waals surface area contributed by atoms with Crippen LogP contribution in [0.2, 0.25) is 0 Å². The second-order valence-electron chi connectivity index (χ2n) is 4.29. The van der Waals surface area contributed by atoms with E-state index in [0.29, 0.717) is 0 Å². The molecular weight excluding hydrogens is 205 g/mol. The summed E-state index contributed by atoms with van der Waals surface area (Å²) >= 11 is 5.65. The molecule has 1 heterocycles. The van der Waals surface area contributed by atoms with E-state index >= 15 is 0 Å². The molecule has 1 amide bonds. The first kappa shape index (κ1) is 9.71. The van der Waals surface area contributed by atoms with Crippen molar-refractivity contribution in [2.75, 3.05) is 0 Å². The van der Waals surface area contributed by atoms with Crippen LogP contribution in [0.25, 0.3) is 0 Å². The monoisotopic (exact) mass is 215 g/mol. The highest BCUT2D eigenvalue weighted by Crippen LogP contribution is 2.45. The minimum absolute atomic E-state index is 0.0621. The van der Waals surface area contributed by atoms with Crippen molar-refractivity contribution in [3.05, 3.63) is 22.6 Å². The summed E-state index contributed by atoms with van der Waals surface area (Å²) in [5.41, 5.74) is 0.201. The van der Waals surface area contributed by atoms with Gasteiger partial charge in [-0.2, -0.15) is 0 Å². The minimum Gasteiger partial charge on any atom is -0.329 e. The van der Waals surface area contributed by atoms with Gasteiger partial charge in [0, 0.05) is 18.0 Å². The van der Waals surface area contributed by atoms with Gasteiger partial charge in [0.1, 0.15) is 5.83 Å². The molecule has 76 valence electrons. The molecule has 1 N–H and O–H groups in total. The molecule has 0 spiro atoms. The van der Waals surface area contributed by atoms with E-state index in [1.165, 1.54) is 6.08 Å². The van der Waals surface area contributed by atoms with Crippen molar-refractivity contribution in [2.24, 2.45) is 11.3 Å². The van der Waals surface area contributed by atoms with Gasteiger partial charge in [-0.05, 0) is 6.08 Å². The topological polar surface area (TPSA) is 29.1 Å². The third kappa shape index (κ3) is 1.19. The SMILES string of the molecule is CC1(C)C(=O)NC2=CC(Cl)=C(F)CC21. The molecule has 0 aromatic rings. The van der Waals surface area contributed by atoms with E-state index in [0.717, 1.165) is 5.70 Å². The number of rotatable bonds is 0. The highest BCUT2D eigenvalue weighted by Gasteiger charge is 2.47. The number of carbonyl (C=O) groups excluding carboxylic acids is 1. The lowest BCUT2D eigenvalue weighted by Gasteiger charge is -2.25. The van der Waals surface area contributed by atoms with Gasteiger partial charge >= 0.3 is 0 Å². The Morgan fingerprint density at radius 2 is 2.29 bits per heavy atom. The largest absolute Gasteiger partial charge is 0.329 e. The fourth-order valence-electron chi connectivity index (χ4n) is 1.92. The average molecular weight is 216 g/mol. The van der Waals surface area contributed by atoms with Gasteiger partial charge in [-0.1, -0.05) is 25.4 Å². The Labute approximate surface area is 86.8 Å². The molecule has 0 aromatic carbocycles. The van der Waals surface area contributed by atoms with Gasteiger partial charge in [-0.3, -0.25) is 4.79 Å². The second-order valence-corrected chi connectivity index (χ2v) is 4.69. The van der Waals surface area contributed by atoms with Crippen LogP contribution < -0.4 is 5.32 Å². The van der Waals surface area contributed by atoms with Gasteiger partial charge in [-0.25, -0.2) is 4.39 Å². The predicted octanol–water partition coefficient (Wildman–Crippen LogP) is 2.47. The number of hydrogen-bond donors (Lipinski definition) is 1. The molecule has 1 aliphatic heterocycles. The van der Waals surface area contributed by atoms with E-state index in [9.17, 15) is 9.18 Å². The number of allylic oxidation sites excluding steroid dienone is 4. The van der Waals surface area contributed by atoms with Crippen molar-refractivity contribution < 1.29 is 9.18 Å². The molecule has 4 heteroatoms. The first-order valence-electron chi connectivity index (χ1n) is 4.50. The summed E-state index contributed by atoms with van der Waals surface area (Å²) in [6.45, 7) is 3.64. The molecule has 1 atom stereocenters. The first-order chi connectivity index (χ1) is 6.43. The van der Waals surface area contributed by atoms with Crippen LogP contribution in [0.4, 0.5) is 4.39 Å². The number of carbonyl (C=O) groups is 1. The van der Waals surface area contributed by atoms with Gasteiger partial charge in [-0.15, -0.1) is 0 Å². The Hall–Kier alpha value is -0.830. The Morgan fingerprint density at radius 3 is 2.93 bits per heavy atom. The lowest BCUT2D eigenvalue weighted by Crippen LogP contribution is -2.28. The molecule has 1 unspecified atom stereocenters. The van der Waals surface area contributed by atoms with Crippen LogP contribution in [-0.2, 0) is 4.79 Å². The van der Waals surface area contributed by atoms with E-state index in [-0.39, 0.29) is 29.1 Å². The minimum atomic E-state index is -0.541. The summed E-state index contributed by atoms with van der Waals surface area (Å²) in [5.74, 6) is -0.490. The van der Waals surface area contributed by atoms with Crippen molar-refractivity contribution in [3.8, 4) is 0 Å². The molecule has 14 heavy (non-hydrogen) atoms. The highest BCUT2D eigenvalue weighted by molar-refractivity contribution is 6.31. The summed E-state index contributed by atoms with van der Waals surface area (Å²) in [6.07, 6.45) is 1.73. The van der Waals surface area contributed by atoms with E-state index in [1.807, 2.05) is 13.8 Å². The zero-order valence-corrected chi connectivity index (χ0v) is 8.78. The fraction of sp³-hybridized carbons (Fsp3) is 0.500. The normalized spacial score (nSPS) is 29.9. The molecular formula is C10H11ClFNO. The van der Waals surface area contributed by atoms with Gasteiger partial charge < -0.3 is 5.32 Å². The van der Waals surface area contributed by atoms with Crippen LogP contribution in [-0.4, -0.2) is 5.91 Å². The fourth-order valence-corrected chi connectivity index (χ4v) is 2.11. The van der Waals surface area contributed by atoms with Crippen LogP contribution in [0.15, 0.2) is 22.6 Å². The number of nitrogens with one attached hydrogen (secondary N) is 1. The predicted molar refractivity (Wildman–Crippen MR) is 52.1 cm³/mol. The molecule has 1 aliphatic carbocycles. The van der Waals surface area contributed by atoms with Gasteiger partial charge in [0.15, 0.2) is 0 Å². The summed E-state index contributed by atoms with van der Waals surface area (Å²) in [4.78, 5) is 11.5. The molecule has 2 nitrogen and oxygen atoms in total. The van der Waals surface area contributed by atoms with Crippen LogP contribution in [0.5, 0.6) is 0 Å². The Morgan fingerprint density at radius 1 is 1.64 bits per heavy atom. The van der Waals surface area contributed by atoms with Gasteiger partial charge in [0.05, 0.1) is 10.4 Å². The number of halogens is 2. The number of hydrogen-bond acceptors (Lipinski definition) is 1. The molecule has 0 aromatic heterocycles. The summed E-state index contributed by atoms with van der Waals surface area (Å²) in [7, 11) is 0. The standard InChI is InChI=1S/C10H11ClFNO/c1-10(2)5-3-7(12)6(11)4-8(5)13-9(10)14/h4-5H,3H2,1-2H3,(H,13,14). The lowest BCUT2D eigenvalue weighted by atomic mass is 9.76. The van der Waals surface area contributed by atoms with Gasteiger partial charge in [0.25, 0.3) is 0 Å². The second kappa shape index (κ2) is 2.83. The number of amides is 1. The van der Waals surface area contributed by atoms with Crippen molar-refractivity contribution >= 4 is 17.5 Å². The Kier molecular flexibility index (Phi) is 1.96. The van der Waals surface area contributed by atoms with Crippen molar-refractivity contribution in [3.63, 3.8) is 0 Å². The first-order valence-corrected chi connectivity index (χ1v) is 4.88. The summed E-state index contributed by atoms with van der Waals surface area (Å²) in [5, 5.41) is 2.84. The van der Waals surface area contributed by atoms with Crippen LogP contribution >= 0.6 is 11.6 Å². The maximum Gasteiger partial charge on any atom is 0.230 e. The van der Waals surface area contributed by atoms with Crippen molar-refractivity contribution in [1.82, 2.24) is 5.32 Å². The van der Waals surface area contributed by atoms with Crippen LogP contribution in [0.3, 0.4) is 0 Å². The molecule has 1 saturated heterocycles. The molecule has 2 rings (SSSR count). The van der Waals surface area contributed by atoms with E-state index in [4.69, 9.17) is 11.6 Å². The molecule has 1 fully saturated rings. The average Bonchev–Trinajstić information content (AvgIpc) is 2.28. The van der Waals surface area contributed by atoms with Gasteiger partial charge in [0.2, 0.25) is 5.91 Å². The lowest BCUT2D eigenvalue weighted by molar-refractivity contribution is -0.127. The highest BCUT2D eigenvalue weighted by atomic mass is 35.5.